The highest BCUT2D eigenvalue weighted by molar-refractivity contribution is 6.09. The highest BCUT2D eigenvalue weighted by Crippen LogP contribution is 2.36. The highest BCUT2D eigenvalue weighted by Gasteiger charge is 2.33. The molecule has 1 heterocycles. The second kappa shape index (κ2) is 12.3. The number of rotatable bonds is 6. The van der Waals surface area contributed by atoms with Crippen molar-refractivity contribution in [2.45, 2.75) is 78.5 Å². The molecule has 9 heteroatoms. The molecule has 1 aliphatic carbocycles. The van der Waals surface area contributed by atoms with E-state index in [1.807, 2.05) is 32.9 Å². The Balaban J connectivity index is 0.000000732. The summed E-state index contributed by atoms with van der Waals surface area (Å²) >= 11 is 0. The third-order valence-corrected chi connectivity index (χ3v) is 6.38. The lowest BCUT2D eigenvalue weighted by Crippen LogP contribution is -2.34. The Bertz CT molecular complexity index is 1340. The van der Waals surface area contributed by atoms with Crippen molar-refractivity contribution in [2.75, 3.05) is 7.11 Å². The second-order valence-electron chi connectivity index (χ2n) is 9.86. The number of fused-ring (bicyclic) bond motifs is 1. The van der Waals surface area contributed by atoms with Crippen molar-refractivity contribution < 1.29 is 28.2 Å². The molecule has 0 aliphatic heterocycles. The van der Waals surface area contributed by atoms with Crippen LogP contribution in [0.1, 0.15) is 69.6 Å². The van der Waals surface area contributed by atoms with Crippen molar-refractivity contribution in [1.82, 2.24) is 9.97 Å². The Hall–Kier alpha value is -3.62. The Morgan fingerprint density at radius 3 is 2.61 bits per heavy atom. The van der Waals surface area contributed by atoms with E-state index in [9.17, 15) is 13.6 Å². The van der Waals surface area contributed by atoms with Crippen LogP contribution < -0.4 is 9.47 Å². The standard InChI is InChI=1S/C26H29F2N3O2.C3H6O2/c1-15-9-19(25-22(10-15)31-24(32-5)14-29-25)17(3)30-21-12-20(27)23(11-16(21)2)33-18-7-6-8-26(4,28)13-18;1-2-3(4)5/h9-12,14,18H,6-8,13H2,1-5H3;2H2,1H3,(H,4,5)/t18-,26?;/m1./s1. The van der Waals surface area contributed by atoms with Crippen LogP contribution in [0.5, 0.6) is 11.6 Å². The van der Waals surface area contributed by atoms with Gasteiger partial charge in [0.2, 0.25) is 5.88 Å². The molecule has 1 N–H and O–H groups in total. The summed E-state index contributed by atoms with van der Waals surface area (Å²) in [6.45, 7) is 8.88. The first kappa shape index (κ1) is 28.9. The molecule has 2 atom stereocenters. The summed E-state index contributed by atoms with van der Waals surface area (Å²) in [6.07, 6.45) is 3.72. The van der Waals surface area contributed by atoms with Crippen LogP contribution in [-0.2, 0) is 4.79 Å². The molecule has 7 nitrogen and oxygen atoms in total. The van der Waals surface area contributed by atoms with E-state index in [4.69, 9.17) is 19.6 Å². The Morgan fingerprint density at radius 1 is 1.26 bits per heavy atom. The van der Waals surface area contributed by atoms with E-state index in [-0.39, 0.29) is 24.7 Å². The number of carbonyl (C=O) groups is 1. The van der Waals surface area contributed by atoms with Crippen molar-refractivity contribution in [2.24, 2.45) is 4.99 Å². The lowest BCUT2D eigenvalue weighted by molar-refractivity contribution is -0.136. The normalized spacial score (nSPS) is 19.5. The molecule has 1 fully saturated rings. The zero-order chi connectivity index (χ0) is 28.0. The van der Waals surface area contributed by atoms with Gasteiger partial charge in [0.25, 0.3) is 0 Å². The Labute approximate surface area is 221 Å². The van der Waals surface area contributed by atoms with Crippen LogP contribution in [0.2, 0.25) is 0 Å². The van der Waals surface area contributed by atoms with Gasteiger partial charge < -0.3 is 14.6 Å². The minimum Gasteiger partial charge on any atom is -0.487 e. The summed E-state index contributed by atoms with van der Waals surface area (Å²) in [6, 6.07) is 6.94. The van der Waals surface area contributed by atoms with Crippen molar-refractivity contribution in [3.8, 4) is 11.6 Å². The van der Waals surface area contributed by atoms with Crippen LogP contribution in [-0.4, -0.2) is 45.6 Å². The minimum atomic E-state index is -1.26. The molecule has 1 saturated carbocycles. The number of aryl methyl sites for hydroxylation is 2. The number of nitrogens with zero attached hydrogens (tertiary/aromatic N) is 3. The van der Waals surface area contributed by atoms with E-state index in [0.717, 1.165) is 29.5 Å². The van der Waals surface area contributed by atoms with Crippen molar-refractivity contribution in [1.29, 1.82) is 0 Å². The second-order valence-corrected chi connectivity index (χ2v) is 9.86. The molecule has 0 bridgehead atoms. The topological polar surface area (TPSA) is 93.9 Å². The maximum absolute atomic E-state index is 14.9. The SMILES string of the molecule is CCC(=O)O.COc1cnc2c(C(C)=Nc3cc(F)c(O[C@@H]4CCCC(C)(F)C4)cc3C)cc(C)cc2n1. The third-order valence-electron chi connectivity index (χ3n) is 6.38. The summed E-state index contributed by atoms with van der Waals surface area (Å²) < 4.78 is 40.3. The van der Waals surface area contributed by atoms with Crippen LogP contribution in [0, 0.1) is 19.7 Å². The van der Waals surface area contributed by atoms with Gasteiger partial charge in [-0.25, -0.2) is 18.7 Å². The number of aliphatic carboxylic acids is 1. The number of carboxylic acids is 1. The lowest BCUT2D eigenvalue weighted by Gasteiger charge is -2.32. The van der Waals surface area contributed by atoms with E-state index in [1.165, 1.54) is 6.07 Å². The fourth-order valence-corrected chi connectivity index (χ4v) is 4.38. The summed E-state index contributed by atoms with van der Waals surface area (Å²) in [5.41, 5.74) is 3.95. The zero-order valence-electron chi connectivity index (χ0n) is 22.8. The molecule has 1 aromatic heterocycles. The fraction of sp³-hybridized carbons (Fsp3) is 0.448. The van der Waals surface area contributed by atoms with Gasteiger partial charge in [0.1, 0.15) is 11.8 Å². The van der Waals surface area contributed by atoms with Gasteiger partial charge in [-0.2, -0.15) is 0 Å². The van der Waals surface area contributed by atoms with Gasteiger partial charge in [-0.1, -0.05) is 6.92 Å². The number of ether oxygens (including phenoxy) is 2. The molecule has 38 heavy (non-hydrogen) atoms. The van der Waals surface area contributed by atoms with Gasteiger partial charge in [0.15, 0.2) is 11.6 Å². The number of carboxylic acid groups (broad SMARTS) is 1. The van der Waals surface area contributed by atoms with Gasteiger partial charge >= 0.3 is 5.97 Å². The Morgan fingerprint density at radius 2 is 1.97 bits per heavy atom. The number of hydrogen-bond donors (Lipinski definition) is 1. The molecule has 0 spiro atoms. The van der Waals surface area contributed by atoms with Gasteiger partial charge in [-0.3, -0.25) is 9.79 Å². The quantitative estimate of drug-likeness (QED) is 0.345. The monoisotopic (exact) mass is 527 g/mol. The average Bonchev–Trinajstić information content (AvgIpc) is 2.85. The lowest BCUT2D eigenvalue weighted by atomic mass is 9.86. The molecule has 1 aliphatic rings. The number of alkyl halides is 1. The van der Waals surface area contributed by atoms with Crippen LogP contribution >= 0.6 is 0 Å². The van der Waals surface area contributed by atoms with Crippen molar-refractivity contribution in [3.63, 3.8) is 0 Å². The molecular formula is C29H35F2N3O4. The van der Waals surface area contributed by atoms with Crippen molar-refractivity contribution in [3.05, 3.63) is 53.0 Å². The summed E-state index contributed by atoms with van der Waals surface area (Å²) in [5.74, 6) is -0.666. The first-order valence-corrected chi connectivity index (χ1v) is 12.7. The van der Waals surface area contributed by atoms with E-state index >= 15 is 0 Å². The van der Waals surface area contributed by atoms with E-state index in [1.54, 1.807) is 33.2 Å². The van der Waals surface area contributed by atoms with E-state index in [2.05, 4.69) is 9.97 Å². The first-order valence-electron chi connectivity index (χ1n) is 12.7. The first-order chi connectivity index (χ1) is 17.9. The van der Waals surface area contributed by atoms with Crippen LogP contribution in [0.15, 0.2) is 35.5 Å². The number of aliphatic imine (C=N–C) groups is 1. The molecule has 204 valence electrons. The molecule has 4 rings (SSSR count). The molecule has 0 amide bonds. The predicted octanol–water partition coefficient (Wildman–Crippen LogP) is 7.07. The smallest absolute Gasteiger partial charge is 0.303 e. The van der Waals surface area contributed by atoms with Crippen molar-refractivity contribution >= 4 is 28.4 Å². The number of aromatic nitrogens is 2. The molecule has 2 aromatic carbocycles. The maximum Gasteiger partial charge on any atom is 0.303 e. The molecule has 0 saturated heterocycles. The number of halogens is 2. The molecule has 3 aromatic rings. The maximum atomic E-state index is 14.9. The largest absolute Gasteiger partial charge is 0.487 e. The fourth-order valence-electron chi connectivity index (χ4n) is 4.38. The van der Waals surface area contributed by atoms with Crippen LogP contribution in [0.4, 0.5) is 14.5 Å². The number of benzene rings is 2. The zero-order valence-corrected chi connectivity index (χ0v) is 22.8. The molecule has 1 unspecified atom stereocenters. The van der Waals surface area contributed by atoms with Gasteiger partial charge in [-0.15, -0.1) is 0 Å². The van der Waals surface area contributed by atoms with Gasteiger partial charge in [-0.05, 0) is 76.3 Å². The summed E-state index contributed by atoms with van der Waals surface area (Å²) in [7, 11) is 1.55. The van der Waals surface area contributed by atoms with Gasteiger partial charge in [0.05, 0.1) is 30.0 Å². The number of methoxy groups -OCH3 is 1. The molecule has 0 radical (unpaired) electrons. The average molecular weight is 528 g/mol. The molecular weight excluding hydrogens is 492 g/mol. The third kappa shape index (κ3) is 7.46. The van der Waals surface area contributed by atoms with Crippen LogP contribution in [0.25, 0.3) is 11.0 Å². The summed E-state index contributed by atoms with van der Waals surface area (Å²) in [4.78, 5) is 23.0. The predicted molar refractivity (Wildman–Crippen MR) is 144 cm³/mol. The van der Waals surface area contributed by atoms with E-state index < -0.39 is 17.5 Å². The highest BCUT2D eigenvalue weighted by atomic mass is 19.1. The Kier molecular flexibility index (Phi) is 9.36. The van der Waals surface area contributed by atoms with E-state index in [0.29, 0.717) is 34.7 Å². The number of hydrogen-bond acceptors (Lipinski definition) is 6. The summed E-state index contributed by atoms with van der Waals surface area (Å²) in [5, 5.41) is 7.72. The minimum absolute atomic E-state index is 0.144. The van der Waals surface area contributed by atoms with Gasteiger partial charge in [0, 0.05) is 30.2 Å². The van der Waals surface area contributed by atoms with Crippen LogP contribution in [0.3, 0.4) is 0 Å².